The largest absolute Gasteiger partial charge is 0.356 e. The molecule has 1 fully saturated rings. The fraction of sp³-hybridized carbons (Fsp3) is 0.529. The van der Waals surface area contributed by atoms with Crippen LogP contribution in [0.1, 0.15) is 36.8 Å². The van der Waals surface area contributed by atoms with Gasteiger partial charge in [0.05, 0.1) is 0 Å². The fourth-order valence-electron chi connectivity index (χ4n) is 2.53. The van der Waals surface area contributed by atoms with E-state index in [1.807, 2.05) is 11.8 Å². The van der Waals surface area contributed by atoms with Crippen LogP contribution in [0.4, 0.5) is 0 Å². The molecule has 2 amide bonds. The molecule has 0 aromatic heterocycles. The molecule has 1 heterocycles. The van der Waals surface area contributed by atoms with Crippen LogP contribution in [-0.4, -0.2) is 36.3 Å². The summed E-state index contributed by atoms with van der Waals surface area (Å²) in [5, 5.41) is 2.83. The van der Waals surface area contributed by atoms with E-state index in [0.29, 0.717) is 19.4 Å². The Hall–Kier alpha value is -1.84. The van der Waals surface area contributed by atoms with Crippen molar-refractivity contribution in [2.24, 2.45) is 0 Å². The molecule has 0 radical (unpaired) electrons. The quantitative estimate of drug-likeness (QED) is 0.871. The summed E-state index contributed by atoms with van der Waals surface area (Å²) >= 11 is 0. The van der Waals surface area contributed by atoms with Gasteiger partial charge in [-0.1, -0.05) is 29.8 Å². The Bertz CT molecular complexity index is 476. The van der Waals surface area contributed by atoms with E-state index in [-0.39, 0.29) is 11.8 Å². The number of rotatable bonds is 6. The predicted molar refractivity (Wildman–Crippen MR) is 82.9 cm³/mol. The molecule has 0 saturated carbocycles. The molecule has 0 atom stereocenters. The van der Waals surface area contributed by atoms with Crippen LogP contribution in [0.15, 0.2) is 24.3 Å². The Labute approximate surface area is 126 Å². The number of nitrogens with zero attached hydrogens (tertiary/aromatic N) is 1. The first-order valence-electron chi connectivity index (χ1n) is 7.75. The molecule has 2 rings (SSSR count). The molecular weight excluding hydrogens is 264 g/mol. The normalized spacial score (nSPS) is 14.2. The summed E-state index contributed by atoms with van der Waals surface area (Å²) in [5.74, 6) is 0.177. The molecule has 1 aromatic carbocycles. The van der Waals surface area contributed by atoms with Gasteiger partial charge in [0.1, 0.15) is 0 Å². The molecule has 1 aliphatic heterocycles. The molecular formula is C17H24N2O2. The van der Waals surface area contributed by atoms with E-state index < -0.39 is 0 Å². The van der Waals surface area contributed by atoms with Crippen LogP contribution in [0.3, 0.4) is 0 Å². The van der Waals surface area contributed by atoms with E-state index in [9.17, 15) is 9.59 Å². The second-order valence-electron chi connectivity index (χ2n) is 5.67. The first kappa shape index (κ1) is 15.5. The van der Waals surface area contributed by atoms with Crippen LogP contribution in [0.25, 0.3) is 0 Å². The number of benzene rings is 1. The van der Waals surface area contributed by atoms with Gasteiger partial charge >= 0.3 is 0 Å². The topological polar surface area (TPSA) is 49.4 Å². The molecule has 4 nitrogen and oxygen atoms in total. The molecule has 0 bridgehead atoms. The summed E-state index contributed by atoms with van der Waals surface area (Å²) < 4.78 is 0. The molecule has 1 N–H and O–H groups in total. The molecule has 21 heavy (non-hydrogen) atoms. The van der Waals surface area contributed by atoms with Gasteiger partial charge in [-0.15, -0.1) is 0 Å². The molecule has 114 valence electrons. The van der Waals surface area contributed by atoms with Crippen LogP contribution in [0.2, 0.25) is 0 Å². The highest BCUT2D eigenvalue weighted by molar-refractivity contribution is 5.79. The highest BCUT2D eigenvalue weighted by Gasteiger charge is 2.17. The Kier molecular flexibility index (Phi) is 5.78. The van der Waals surface area contributed by atoms with Crippen LogP contribution in [0, 0.1) is 6.92 Å². The second-order valence-corrected chi connectivity index (χ2v) is 5.67. The van der Waals surface area contributed by atoms with Gasteiger partial charge in [0.15, 0.2) is 0 Å². The Balaban J connectivity index is 1.61. The van der Waals surface area contributed by atoms with Crippen LogP contribution in [0.5, 0.6) is 0 Å². The summed E-state index contributed by atoms with van der Waals surface area (Å²) in [6.45, 7) is 4.25. The van der Waals surface area contributed by atoms with Gasteiger partial charge in [-0.05, 0) is 31.7 Å². The van der Waals surface area contributed by atoms with E-state index in [1.165, 1.54) is 11.1 Å². The SMILES string of the molecule is Cc1ccc(CCC(=O)NCCC(=O)N2CCCC2)cc1. The lowest BCUT2D eigenvalue weighted by molar-refractivity contribution is -0.130. The Morgan fingerprint density at radius 2 is 1.76 bits per heavy atom. The zero-order valence-corrected chi connectivity index (χ0v) is 12.7. The van der Waals surface area contributed by atoms with Crippen molar-refractivity contribution in [3.05, 3.63) is 35.4 Å². The minimum absolute atomic E-state index is 0.0183. The Morgan fingerprint density at radius 1 is 1.10 bits per heavy atom. The van der Waals surface area contributed by atoms with Crippen molar-refractivity contribution >= 4 is 11.8 Å². The molecule has 0 aliphatic carbocycles. The maximum absolute atomic E-state index is 11.8. The summed E-state index contributed by atoms with van der Waals surface area (Å²) in [7, 11) is 0. The van der Waals surface area contributed by atoms with Gasteiger partial charge in [0, 0.05) is 32.5 Å². The van der Waals surface area contributed by atoms with Crippen LogP contribution < -0.4 is 5.32 Å². The first-order valence-corrected chi connectivity index (χ1v) is 7.75. The lowest BCUT2D eigenvalue weighted by atomic mass is 10.1. The second kappa shape index (κ2) is 7.81. The first-order chi connectivity index (χ1) is 10.1. The average molecular weight is 288 g/mol. The standard InChI is InChI=1S/C17H24N2O2/c1-14-4-6-15(7-5-14)8-9-16(20)18-11-10-17(21)19-12-2-3-13-19/h4-7H,2-3,8-13H2,1H3,(H,18,20). The maximum atomic E-state index is 11.8. The van der Waals surface area contributed by atoms with Crippen molar-refractivity contribution in [3.8, 4) is 0 Å². The van der Waals surface area contributed by atoms with Crippen molar-refractivity contribution < 1.29 is 9.59 Å². The summed E-state index contributed by atoms with van der Waals surface area (Å²) in [6.07, 6.45) is 3.84. The number of nitrogens with one attached hydrogen (secondary N) is 1. The lowest BCUT2D eigenvalue weighted by Crippen LogP contribution is -2.32. The Morgan fingerprint density at radius 3 is 2.43 bits per heavy atom. The highest BCUT2D eigenvalue weighted by Crippen LogP contribution is 2.08. The van der Waals surface area contributed by atoms with E-state index in [2.05, 4.69) is 29.6 Å². The van der Waals surface area contributed by atoms with Crippen molar-refractivity contribution in [1.82, 2.24) is 10.2 Å². The van der Waals surface area contributed by atoms with Gasteiger partial charge in [-0.3, -0.25) is 9.59 Å². The smallest absolute Gasteiger partial charge is 0.224 e. The zero-order chi connectivity index (χ0) is 15.1. The van der Waals surface area contributed by atoms with Gasteiger partial charge in [0.25, 0.3) is 0 Å². The average Bonchev–Trinajstić information content (AvgIpc) is 3.01. The molecule has 4 heteroatoms. The van der Waals surface area contributed by atoms with Crippen molar-refractivity contribution in [2.45, 2.75) is 39.0 Å². The summed E-state index contributed by atoms with van der Waals surface area (Å²) in [4.78, 5) is 25.5. The number of hydrogen-bond acceptors (Lipinski definition) is 2. The fourth-order valence-corrected chi connectivity index (χ4v) is 2.53. The molecule has 1 aliphatic rings. The number of likely N-dealkylation sites (tertiary alicyclic amines) is 1. The molecule has 1 aromatic rings. The van der Waals surface area contributed by atoms with E-state index in [0.717, 1.165) is 32.4 Å². The molecule has 0 spiro atoms. The number of carbonyl (C=O) groups is 2. The van der Waals surface area contributed by atoms with Gasteiger partial charge in [0.2, 0.25) is 11.8 Å². The van der Waals surface area contributed by atoms with Crippen molar-refractivity contribution in [2.75, 3.05) is 19.6 Å². The van der Waals surface area contributed by atoms with Gasteiger partial charge < -0.3 is 10.2 Å². The van der Waals surface area contributed by atoms with Crippen LogP contribution in [-0.2, 0) is 16.0 Å². The van der Waals surface area contributed by atoms with Crippen molar-refractivity contribution in [1.29, 1.82) is 0 Å². The zero-order valence-electron chi connectivity index (χ0n) is 12.7. The number of amides is 2. The summed E-state index contributed by atoms with van der Waals surface area (Å²) in [6, 6.07) is 8.23. The predicted octanol–water partition coefficient (Wildman–Crippen LogP) is 2.06. The van der Waals surface area contributed by atoms with E-state index in [4.69, 9.17) is 0 Å². The number of carbonyl (C=O) groups excluding carboxylic acids is 2. The third kappa shape index (κ3) is 5.21. The minimum atomic E-state index is 0.0183. The highest BCUT2D eigenvalue weighted by atomic mass is 16.2. The maximum Gasteiger partial charge on any atom is 0.224 e. The van der Waals surface area contributed by atoms with Crippen molar-refractivity contribution in [3.63, 3.8) is 0 Å². The minimum Gasteiger partial charge on any atom is -0.356 e. The van der Waals surface area contributed by atoms with Crippen LogP contribution >= 0.6 is 0 Å². The lowest BCUT2D eigenvalue weighted by Gasteiger charge is -2.15. The monoisotopic (exact) mass is 288 g/mol. The number of aryl methyl sites for hydroxylation is 2. The van der Waals surface area contributed by atoms with E-state index in [1.54, 1.807) is 0 Å². The summed E-state index contributed by atoms with van der Waals surface area (Å²) in [5.41, 5.74) is 2.40. The molecule has 0 unspecified atom stereocenters. The van der Waals surface area contributed by atoms with Gasteiger partial charge in [-0.2, -0.15) is 0 Å². The third-order valence-corrected chi connectivity index (χ3v) is 3.88. The van der Waals surface area contributed by atoms with Gasteiger partial charge in [-0.25, -0.2) is 0 Å². The third-order valence-electron chi connectivity index (χ3n) is 3.88. The van der Waals surface area contributed by atoms with E-state index >= 15 is 0 Å². The number of hydrogen-bond donors (Lipinski definition) is 1. The molecule has 1 saturated heterocycles.